The van der Waals surface area contributed by atoms with Crippen molar-refractivity contribution in [3.05, 3.63) is 28.0 Å². The molecule has 0 atom stereocenters. The van der Waals surface area contributed by atoms with Crippen molar-refractivity contribution < 1.29 is 9.47 Å². The lowest BCUT2D eigenvalue weighted by Gasteiger charge is -1.97. The first-order valence-corrected chi connectivity index (χ1v) is 4.07. The number of fused-ring (bicyclic) bond motifs is 1. The van der Waals surface area contributed by atoms with Gasteiger partial charge in [0.05, 0.1) is 6.57 Å². The van der Waals surface area contributed by atoms with Gasteiger partial charge in [-0.1, -0.05) is 15.9 Å². The van der Waals surface area contributed by atoms with Gasteiger partial charge >= 0.3 is 0 Å². The van der Waals surface area contributed by atoms with Crippen LogP contribution in [0.25, 0.3) is 4.85 Å². The molecule has 1 aromatic carbocycles. The third-order valence-corrected chi connectivity index (χ3v) is 2.20. The predicted molar refractivity (Wildman–Crippen MR) is 46.5 cm³/mol. The lowest BCUT2D eigenvalue weighted by atomic mass is 10.3. The summed E-state index contributed by atoms with van der Waals surface area (Å²) in [5.74, 6) is 1.33. The Morgan fingerprint density at radius 1 is 1.33 bits per heavy atom. The Bertz CT molecular complexity index is 369. The Morgan fingerprint density at radius 3 is 2.67 bits per heavy atom. The van der Waals surface area contributed by atoms with Crippen LogP contribution in [-0.4, -0.2) is 6.79 Å². The molecule has 0 N–H and O–H groups in total. The molecule has 1 aromatic rings. The number of halogens is 1. The van der Waals surface area contributed by atoms with Crippen molar-refractivity contribution in [2.45, 2.75) is 0 Å². The monoisotopic (exact) mass is 225 g/mol. The first-order chi connectivity index (χ1) is 5.81. The van der Waals surface area contributed by atoms with Crippen molar-refractivity contribution >= 4 is 21.6 Å². The molecule has 2 rings (SSSR count). The van der Waals surface area contributed by atoms with Crippen LogP contribution in [-0.2, 0) is 0 Å². The van der Waals surface area contributed by atoms with Gasteiger partial charge in [-0.25, -0.2) is 4.85 Å². The number of ether oxygens (including phenoxy) is 2. The Labute approximate surface area is 77.9 Å². The van der Waals surface area contributed by atoms with Gasteiger partial charge in [0.2, 0.25) is 12.5 Å². The van der Waals surface area contributed by atoms with Crippen molar-refractivity contribution in [2.75, 3.05) is 6.79 Å². The average Bonchev–Trinajstić information content (AvgIpc) is 2.49. The standard InChI is InChI=1S/C8H4BrNO2/c1-10-6-3-8-7(2-5(6)9)11-4-12-8/h2-3H,4H2. The minimum absolute atomic E-state index is 0.239. The average molecular weight is 226 g/mol. The summed E-state index contributed by atoms with van der Waals surface area (Å²) in [5, 5.41) is 0. The van der Waals surface area contributed by atoms with E-state index in [0.29, 0.717) is 17.2 Å². The maximum absolute atomic E-state index is 6.85. The second-order valence-corrected chi connectivity index (χ2v) is 3.12. The zero-order valence-electron chi connectivity index (χ0n) is 6.00. The van der Waals surface area contributed by atoms with E-state index in [-0.39, 0.29) is 6.79 Å². The van der Waals surface area contributed by atoms with Gasteiger partial charge in [-0.15, -0.1) is 0 Å². The summed E-state index contributed by atoms with van der Waals surface area (Å²) in [6.45, 7) is 7.09. The topological polar surface area (TPSA) is 22.8 Å². The Kier molecular flexibility index (Phi) is 1.66. The van der Waals surface area contributed by atoms with Gasteiger partial charge < -0.3 is 9.47 Å². The number of hydrogen-bond acceptors (Lipinski definition) is 2. The SMILES string of the molecule is [C-]#[N+]c1cc2c(cc1Br)OCO2. The smallest absolute Gasteiger partial charge is 0.231 e. The van der Waals surface area contributed by atoms with E-state index in [4.69, 9.17) is 16.0 Å². The summed E-state index contributed by atoms with van der Waals surface area (Å²) in [6.07, 6.45) is 0. The molecule has 12 heavy (non-hydrogen) atoms. The molecule has 1 aliphatic rings. The highest BCUT2D eigenvalue weighted by Gasteiger charge is 2.15. The molecule has 0 fully saturated rings. The molecular formula is C8H4BrNO2. The van der Waals surface area contributed by atoms with Crippen molar-refractivity contribution in [3.63, 3.8) is 0 Å². The van der Waals surface area contributed by atoms with E-state index in [0.717, 1.165) is 4.47 Å². The number of rotatable bonds is 0. The van der Waals surface area contributed by atoms with Crippen LogP contribution >= 0.6 is 15.9 Å². The van der Waals surface area contributed by atoms with E-state index in [1.54, 1.807) is 12.1 Å². The fourth-order valence-corrected chi connectivity index (χ4v) is 1.40. The summed E-state index contributed by atoms with van der Waals surface area (Å²) in [4.78, 5) is 3.32. The molecule has 0 bridgehead atoms. The highest BCUT2D eigenvalue weighted by molar-refractivity contribution is 9.10. The maximum Gasteiger partial charge on any atom is 0.231 e. The van der Waals surface area contributed by atoms with E-state index < -0.39 is 0 Å². The van der Waals surface area contributed by atoms with E-state index in [1.807, 2.05) is 0 Å². The molecule has 0 saturated heterocycles. The summed E-state index contributed by atoms with van der Waals surface area (Å²) < 4.78 is 11.0. The number of benzene rings is 1. The molecule has 0 unspecified atom stereocenters. The highest BCUT2D eigenvalue weighted by Crippen LogP contribution is 2.40. The van der Waals surface area contributed by atoms with E-state index in [2.05, 4.69) is 20.8 Å². The van der Waals surface area contributed by atoms with Crippen LogP contribution in [0, 0.1) is 6.57 Å². The van der Waals surface area contributed by atoms with E-state index >= 15 is 0 Å². The van der Waals surface area contributed by atoms with E-state index in [1.165, 1.54) is 0 Å². The zero-order chi connectivity index (χ0) is 8.55. The van der Waals surface area contributed by atoms with Gasteiger partial charge in [0.25, 0.3) is 0 Å². The third-order valence-electron chi connectivity index (χ3n) is 1.56. The van der Waals surface area contributed by atoms with Crippen molar-refractivity contribution in [3.8, 4) is 11.5 Å². The van der Waals surface area contributed by atoms with Crippen LogP contribution in [0.15, 0.2) is 16.6 Å². The van der Waals surface area contributed by atoms with Gasteiger partial charge in [0, 0.05) is 4.47 Å². The van der Waals surface area contributed by atoms with Gasteiger partial charge in [-0.3, -0.25) is 0 Å². The van der Waals surface area contributed by atoms with Gasteiger partial charge in [0.1, 0.15) is 0 Å². The number of nitrogens with zero attached hydrogens (tertiary/aromatic N) is 1. The normalized spacial score (nSPS) is 12.7. The molecule has 0 radical (unpaired) electrons. The van der Waals surface area contributed by atoms with Crippen LogP contribution in [0.3, 0.4) is 0 Å². The summed E-state index contributed by atoms with van der Waals surface area (Å²) in [5.41, 5.74) is 0.541. The van der Waals surface area contributed by atoms with Crippen molar-refractivity contribution in [2.24, 2.45) is 0 Å². The minimum atomic E-state index is 0.239. The minimum Gasteiger partial charge on any atom is -0.455 e. The Balaban J connectivity index is 2.59. The van der Waals surface area contributed by atoms with Gasteiger partial charge in [-0.2, -0.15) is 0 Å². The molecule has 0 spiro atoms. The van der Waals surface area contributed by atoms with Crippen LogP contribution in [0.2, 0.25) is 0 Å². The molecule has 0 saturated carbocycles. The first kappa shape index (κ1) is 7.44. The fraction of sp³-hybridized carbons (Fsp3) is 0.125. The fourth-order valence-electron chi connectivity index (χ4n) is 0.992. The largest absolute Gasteiger partial charge is 0.455 e. The van der Waals surface area contributed by atoms with Crippen LogP contribution < -0.4 is 9.47 Å². The Hall–Kier alpha value is -1.21. The van der Waals surface area contributed by atoms with Crippen molar-refractivity contribution in [1.82, 2.24) is 0 Å². The van der Waals surface area contributed by atoms with Crippen LogP contribution in [0.1, 0.15) is 0 Å². The molecule has 1 heterocycles. The summed E-state index contributed by atoms with van der Waals surface area (Å²) in [6, 6.07) is 3.41. The first-order valence-electron chi connectivity index (χ1n) is 3.28. The molecule has 0 aliphatic carbocycles. The zero-order valence-corrected chi connectivity index (χ0v) is 7.59. The molecule has 60 valence electrons. The lowest BCUT2D eigenvalue weighted by molar-refractivity contribution is 0.174. The second-order valence-electron chi connectivity index (χ2n) is 2.27. The summed E-state index contributed by atoms with van der Waals surface area (Å²) >= 11 is 3.26. The van der Waals surface area contributed by atoms with Gasteiger partial charge in [0.15, 0.2) is 11.5 Å². The van der Waals surface area contributed by atoms with Gasteiger partial charge in [-0.05, 0) is 12.1 Å². The Morgan fingerprint density at radius 2 is 2.00 bits per heavy atom. The molecule has 0 aromatic heterocycles. The second kappa shape index (κ2) is 2.68. The van der Waals surface area contributed by atoms with Crippen LogP contribution in [0.5, 0.6) is 11.5 Å². The van der Waals surface area contributed by atoms with Crippen LogP contribution in [0.4, 0.5) is 5.69 Å². The summed E-state index contributed by atoms with van der Waals surface area (Å²) in [7, 11) is 0. The predicted octanol–water partition coefficient (Wildman–Crippen LogP) is 2.73. The number of hydrogen-bond donors (Lipinski definition) is 0. The quantitative estimate of drug-likeness (QED) is 0.634. The molecule has 1 aliphatic heterocycles. The lowest BCUT2D eigenvalue weighted by Crippen LogP contribution is -1.92. The van der Waals surface area contributed by atoms with Crippen molar-refractivity contribution in [1.29, 1.82) is 0 Å². The maximum atomic E-state index is 6.85. The molecule has 0 amide bonds. The molecule has 4 heteroatoms. The highest BCUT2D eigenvalue weighted by atomic mass is 79.9. The van der Waals surface area contributed by atoms with E-state index in [9.17, 15) is 0 Å². The third kappa shape index (κ3) is 1.03. The molecular weight excluding hydrogens is 222 g/mol. The molecule has 3 nitrogen and oxygen atoms in total.